The fourth-order valence-corrected chi connectivity index (χ4v) is 2.80. The van der Waals surface area contributed by atoms with E-state index < -0.39 is 0 Å². The largest absolute Gasteiger partial charge is 0.349 e. The van der Waals surface area contributed by atoms with Crippen LogP contribution in [0, 0.1) is 11.8 Å². The average Bonchev–Trinajstić information content (AvgIpc) is 1.81. The van der Waals surface area contributed by atoms with Crippen LogP contribution in [0.15, 0.2) is 11.6 Å². The van der Waals surface area contributed by atoms with E-state index in [-0.39, 0.29) is 17.4 Å². The Morgan fingerprint density at radius 2 is 2.33 bits per heavy atom. The van der Waals surface area contributed by atoms with Gasteiger partial charge in [0.15, 0.2) is 0 Å². The minimum atomic E-state index is 0.0648. The first-order valence-corrected chi connectivity index (χ1v) is 4.52. The Morgan fingerprint density at radius 1 is 1.67 bits per heavy atom. The molecule has 0 saturated carbocycles. The number of fused-ring (bicyclic) bond motifs is 1. The predicted molar refractivity (Wildman–Crippen MR) is 47.6 cm³/mol. The number of amides is 1. The van der Waals surface area contributed by atoms with Gasteiger partial charge in [0.25, 0.3) is 0 Å². The van der Waals surface area contributed by atoms with Crippen LogP contribution in [0.5, 0.6) is 0 Å². The minimum Gasteiger partial charge on any atom is -0.349 e. The van der Waals surface area contributed by atoms with Gasteiger partial charge in [-0.15, -0.1) is 0 Å². The molecule has 0 bridgehead atoms. The summed E-state index contributed by atoms with van der Waals surface area (Å²) < 4.78 is 0. The highest BCUT2D eigenvalue weighted by Crippen LogP contribution is 2.42. The Hall–Kier alpha value is -0.790. The maximum Gasteiger partial charge on any atom is 0.226 e. The maximum absolute atomic E-state index is 11.2. The molecule has 3 atom stereocenters. The van der Waals surface area contributed by atoms with Crippen LogP contribution in [0.1, 0.15) is 27.2 Å². The number of hydrogen-bond donors (Lipinski definition) is 1. The van der Waals surface area contributed by atoms with E-state index in [4.69, 9.17) is 0 Å². The van der Waals surface area contributed by atoms with Crippen molar-refractivity contribution >= 4 is 5.91 Å². The van der Waals surface area contributed by atoms with Crippen molar-refractivity contribution in [2.24, 2.45) is 11.8 Å². The second-order valence-corrected chi connectivity index (χ2v) is 4.43. The zero-order valence-electron chi connectivity index (χ0n) is 7.85. The maximum atomic E-state index is 11.2. The standard InChI is InChI=1S/C10H15NO/c1-6-4-7(2)8-9(12)11-10(8,3)5-6/h4,7-8H,5H2,1-3H3,(H,11,12)/t7-,8-,10-/m0/s1. The molecule has 12 heavy (non-hydrogen) atoms. The first-order chi connectivity index (χ1) is 5.53. The smallest absolute Gasteiger partial charge is 0.226 e. The highest BCUT2D eigenvalue weighted by atomic mass is 16.2. The molecule has 0 unspecified atom stereocenters. The van der Waals surface area contributed by atoms with Crippen molar-refractivity contribution in [2.75, 3.05) is 0 Å². The van der Waals surface area contributed by atoms with Gasteiger partial charge in [-0.1, -0.05) is 18.6 Å². The zero-order valence-corrected chi connectivity index (χ0v) is 7.85. The molecule has 1 aliphatic heterocycles. The van der Waals surface area contributed by atoms with Gasteiger partial charge in [-0.2, -0.15) is 0 Å². The Labute approximate surface area is 73.0 Å². The van der Waals surface area contributed by atoms with Crippen LogP contribution < -0.4 is 5.32 Å². The third-order valence-electron chi connectivity index (χ3n) is 3.10. The van der Waals surface area contributed by atoms with Crippen molar-refractivity contribution in [1.82, 2.24) is 5.32 Å². The molecule has 1 aliphatic carbocycles. The van der Waals surface area contributed by atoms with Gasteiger partial charge in [-0.05, 0) is 26.2 Å². The lowest BCUT2D eigenvalue weighted by Gasteiger charge is -2.52. The lowest BCUT2D eigenvalue weighted by atomic mass is 9.64. The van der Waals surface area contributed by atoms with Crippen molar-refractivity contribution in [3.63, 3.8) is 0 Å². The van der Waals surface area contributed by atoms with Gasteiger partial charge in [0.1, 0.15) is 0 Å². The van der Waals surface area contributed by atoms with Crippen LogP contribution in [-0.2, 0) is 4.79 Å². The molecule has 66 valence electrons. The fraction of sp³-hybridized carbons (Fsp3) is 0.700. The van der Waals surface area contributed by atoms with Gasteiger partial charge < -0.3 is 5.32 Å². The van der Waals surface area contributed by atoms with Crippen molar-refractivity contribution < 1.29 is 4.79 Å². The summed E-state index contributed by atoms with van der Waals surface area (Å²) in [5.74, 6) is 0.868. The third kappa shape index (κ3) is 0.838. The molecule has 0 aromatic rings. The molecule has 2 heteroatoms. The summed E-state index contributed by atoms with van der Waals surface area (Å²) in [5, 5.41) is 3.00. The molecule has 1 amide bonds. The van der Waals surface area contributed by atoms with Gasteiger partial charge in [-0.3, -0.25) is 4.79 Å². The van der Waals surface area contributed by atoms with Gasteiger partial charge >= 0.3 is 0 Å². The number of carbonyl (C=O) groups is 1. The van der Waals surface area contributed by atoms with Gasteiger partial charge in [0, 0.05) is 0 Å². The van der Waals surface area contributed by atoms with Crippen molar-refractivity contribution in [1.29, 1.82) is 0 Å². The van der Waals surface area contributed by atoms with E-state index in [0.29, 0.717) is 5.92 Å². The molecule has 0 radical (unpaired) electrons. The number of β-lactam (4-membered cyclic amide) rings is 1. The number of allylic oxidation sites excluding steroid dienone is 1. The molecular formula is C10H15NO. The summed E-state index contributed by atoms with van der Waals surface area (Å²) >= 11 is 0. The van der Waals surface area contributed by atoms with Crippen molar-refractivity contribution in [3.05, 3.63) is 11.6 Å². The molecule has 2 nitrogen and oxygen atoms in total. The summed E-state index contributed by atoms with van der Waals surface area (Å²) in [6, 6.07) is 0. The van der Waals surface area contributed by atoms with Crippen molar-refractivity contribution in [2.45, 2.75) is 32.7 Å². The number of hydrogen-bond acceptors (Lipinski definition) is 1. The summed E-state index contributed by atoms with van der Waals surface area (Å²) in [6.45, 7) is 6.42. The fourth-order valence-electron chi connectivity index (χ4n) is 2.80. The number of carbonyl (C=O) groups excluding carboxylic acids is 1. The van der Waals surface area contributed by atoms with E-state index in [1.165, 1.54) is 5.57 Å². The Kier molecular flexibility index (Phi) is 1.39. The van der Waals surface area contributed by atoms with Crippen LogP contribution in [0.2, 0.25) is 0 Å². The lowest BCUT2D eigenvalue weighted by molar-refractivity contribution is -0.143. The second kappa shape index (κ2) is 2.12. The van der Waals surface area contributed by atoms with Crippen LogP contribution >= 0.6 is 0 Å². The van der Waals surface area contributed by atoms with Crippen molar-refractivity contribution in [3.8, 4) is 0 Å². The molecule has 0 spiro atoms. The molecular weight excluding hydrogens is 150 g/mol. The Bertz CT molecular complexity index is 269. The van der Waals surface area contributed by atoms with Crippen LogP contribution in [0.25, 0.3) is 0 Å². The van der Waals surface area contributed by atoms with Crippen LogP contribution in [0.4, 0.5) is 0 Å². The number of rotatable bonds is 0. The first kappa shape index (κ1) is 7.84. The summed E-state index contributed by atoms with van der Waals surface area (Å²) in [4.78, 5) is 11.2. The van der Waals surface area contributed by atoms with Gasteiger partial charge in [0.2, 0.25) is 5.91 Å². The molecule has 2 rings (SSSR count). The van der Waals surface area contributed by atoms with E-state index in [1.54, 1.807) is 0 Å². The highest BCUT2D eigenvalue weighted by Gasteiger charge is 2.53. The SMILES string of the molecule is CC1=C[C@H](C)[C@H]2C(=O)N[C@@]2(C)C1. The van der Waals surface area contributed by atoms with Gasteiger partial charge in [0.05, 0.1) is 11.5 Å². The average molecular weight is 165 g/mol. The number of nitrogens with one attached hydrogen (secondary N) is 1. The van der Waals surface area contributed by atoms with Gasteiger partial charge in [-0.25, -0.2) is 0 Å². The molecule has 1 fully saturated rings. The lowest BCUT2D eigenvalue weighted by Crippen LogP contribution is -2.70. The Morgan fingerprint density at radius 3 is 2.83 bits per heavy atom. The van der Waals surface area contributed by atoms with E-state index in [2.05, 4.69) is 32.2 Å². The molecule has 0 aromatic carbocycles. The molecule has 1 N–H and O–H groups in total. The van der Waals surface area contributed by atoms with E-state index in [1.807, 2.05) is 0 Å². The zero-order chi connectivity index (χ0) is 8.93. The topological polar surface area (TPSA) is 29.1 Å². The van der Waals surface area contributed by atoms with Crippen LogP contribution in [0.3, 0.4) is 0 Å². The quantitative estimate of drug-likeness (QED) is 0.427. The summed E-state index contributed by atoms with van der Waals surface area (Å²) in [7, 11) is 0. The Balaban J connectivity index is 2.31. The minimum absolute atomic E-state index is 0.0648. The molecule has 2 aliphatic rings. The van der Waals surface area contributed by atoms with Crippen LogP contribution in [-0.4, -0.2) is 11.4 Å². The molecule has 0 aromatic heterocycles. The second-order valence-electron chi connectivity index (χ2n) is 4.43. The predicted octanol–water partition coefficient (Wildman–Crippen LogP) is 1.48. The highest BCUT2D eigenvalue weighted by molar-refractivity contribution is 5.88. The summed E-state index contributed by atoms with van der Waals surface area (Å²) in [6.07, 6.45) is 3.25. The normalized spacial score (nSPS) is 45.6. The summed E-state index contributed by atoms with van der Waals surface area (Å²) in [5.41, 5.74) is 1.47. The van der Waals surface area contributed by atoms with E-state index in [9.17, 15) is 4.79 Å². The molecule has 1 saturated heterocycles. The van der Waals surface area contributed by atoms with E-state index in [0.717, 1.165) is 6.42 Å². The molecule has 1 heterocycles. The first-order valence-electron chi connectivity index (χ1n) is 4.52. The monoisotopic (exact) mass is 165 g/mol. The third-order valence-corrected chi connectivity index (χ3v) is 3.10. The van der Waals surface area contributed by atoms with E-state index >= 15 is 0 Å².